The van der Waals surface area contributed by atoms with Gasteiger partial charge in [-0.05, 0) is 73.3 Å². The first kappa shape index (κ1) is 21.8. The van der Waals surface area contributed by atoms with Crippen LogP contribution < -0.4 is 10.0 Å². The van der Waals surface area contributed by atoms with Crippen molar-refractivity contribution in [3.63, 3.8) is 0 Å². The summed E-state index contributed by atoms with van der Waals surface area (Å²) in [6, 6.07) is 13.9. The Morgan fingerprint density at radius 1 is 0.900 bits per heavy atom. The molecule has 0 aromatic heterocycles. The van der Waals surface area contributed by atoms with E-state index in [-0.39, 0.29) is 11.6 Å². The number of carbonyl (C=O) groups is 1. The van der Waals surface area contributed by atoms with Crippen molar-refractivity contribution >= 4 is 39.1 Å². The predicted octanol–water partition coefficient (Wildman–Crippen LogP) is 5.05. The van der Waals surface area contributed by atoms with Crippen molar-refractivity contribution in [2.75, 3.05) is 16.3 Å². The third-order valence-electron chi connectivity index (χ3n) is 4.29. The van der Waals surface area contributed by atoms with E-state index in [0.29, 0.717) is 17.3 Å². The number of rotatable bonds is 6. The summed E-state index contributed by atoms with van der Waals surface area (Å²) in [6.07, 6.45) is 1.92. The second kappa shape index (κ2) is 8.85. The molecule has 0 bridgehead atoms. The number of sulfonamides is 1. The lowest BCUT2D eigenvalue weighted by Crippen LogP contribution is -2.15. The molecular weight excluding hydrogens is 430 g/mol. The SMILES string of the molecule is CSc1ccc(C)c(C(=O)Nc2ccc(NS(=O)(=O)c3ccc(F)c(F)c3)cc2)c1. The largest absolute Gasteiger partial charge is 0.322 e. The molecule has 0 saturated heterocycles. The summed E-state index contributed by atoms with van der Waals surface area (Å²) < 4.78 is 53.3. The van der Waals surface area contributed by atoms with Gasteiger partial charge in [0, 0.05) is 21.8 Å². The molecule has 0 unspecified atom stereocenters. The molecule has 156 valence electrons. The van der Waals surface area contributed by atoms with Crippen LogP contribution in [0.15, 0.2) is 70.5 Å². The Labute approximate surface area is 177 Å². The first-order valence-electron chi connectivity index (χ1n) is 8.73. The normalized spacial score (nSPS) is 11.2. The highest BCUT2D eigenvalue weighted by molar-refractivity contribution is 7.98. The summed E-state index contributed by atoms with van der Waals surface area (Å²) in [5.41, 5.74) is 2.06. The number of hydrogen-bond donors (Lipinski definition) is 2. The fourth-order valence-electron chi connectivity index (χ4n) is 2.65. The number of thioether (sulfide) groups is 1. The third-order valence-corrected chi connectivity index (χ3v) is 6.39. The quantitative estimate of drug-likeness (QED) is 0.518. The van der Waals surface area contributed by atoms with Crippen LogP contribution in [-0.4, -0.2) is 20.6 Å². The Morgan fingerprint density at radius 2 is 1.57 bits per heavy atom. The highest BCUT2D eigenvalue weighted by Gasteiger charge is 2.17. The average molecular weight is 449 g/mol. The molecule has 9 heteroatoms. The summed E-state index contributed by atoms with van der Waals surface area (Å²) in [5, 5.41) is 2.77. The van der Waals surface area contributed by atoms with Gasteiger partial charge in [-0.15, -0.1) is 11.8 Å². The van der Waals surface area contributed by atoms with E-state index in [9.17, 15) is 22.0 Å². The van der Waals surface area contributed by atoms with Gasteiger partial charge in [-0.2, -0.15) is 0 Å². The van der Waals surface area contributed by atoms with E-state index < -0.39 is 26.6 Å². The Morgan fingerprint density at radius 3 is 2.20 bits per heavy atom. The number of anilines is 2. The minimum atomic E-state index is -4.09. The van der Waals surface area contributed by atoms with E-state index in [0.717, 1.165) is 22.6 Å². The highest BCUT2D eigenvalue weighted by atomic mass is 32.2. The molecule has 0 saturated carbocycles. The molecule has 3 aromatic carbocycles. The van der Waals surface area contributed by atoms with Gasteiger partial charge in [-0.3, -0.25) is 9.52 Å². The average Bonchev–Trinajstić information content (AvgIpc) is 2.71. The second-order valence-corrected chi connectivity index (χ2v) is 8.96. The van der Waals surface area contributed by atoms with Crippen molar-refractivity contribution in [3.05, 3.63) is 83.4 Å². The number of amides is 1. The summed E-state index contributed by atoms with van der Waals surface area (Å²) >= 11 is 1.53. The van der Waals surface area contributed by atoms with Crippen LogP contribution in [-0.2, 0) is 10.0 Å². The number of nitrogens with one attached hydrogen (secondary N) is 2. The molecule has 0 aliphatic rings. The summed E-state index contributed by atoms with van der Waals surface area (Å²) in [6.45, 7) is 1.84. The number of carbonyl (C=O) groups excluding carboxylic acids is 1. The van der Waals surface area contributed by atoms with Crippen LogP contribution in [0.4, 0.5) is 20.2 Å². The van der Waals surface area contributed by atoms with Crippen molar-refractivity contribution < 1.29 is 22.0 Å². The lowest BCUT2D eigenvalue weighted by Gasteiger charge is -2.11. The van der Waals surface area contributed by atoms with Crippen molar-refractivity contribution in [2.24, 2.45) is 0 Å². The molecule has 3 rings (SSSR count). The molecule has 2 N–H and O–H groups in total. The molecule has 0 aliphatic carbocycles. The predicted molar refractivity (Wildman–Crippen MR) is 115 cm³/mol. The molecule has 1 amide bonds. The zero-order chi connectivity index (χ0) is 21.9. The molecule has 0 fully saturated rings. The van der Waals surface area contributed by atoms with E-state index >= 15 is 0 Å². The van der Waals surface area contributed by atoms with Crippen LogP contribution in [0.2, 0.25) is 0 Å². The molecular formula is C21H18F2N2O3S2. The summed E-state index contributed by atoms with van der Waals surface area (Å²) in [5.74, 6) is -2.66. The van der Waals surface area contributed by atoms with Gasteiger partial charge in [0.1, 0.15) is 0 Å². The van der Waals surface area contributed by atoms with E-state index in [1.54, 1.807) is 6.07 Å². The van der Waals surface area contributed by atoms with Gasteiger partial charge < -0.3 is 5.32 Å². The van der Waals surface area contributed by atoms with Gasteiger partial charge in [-0.1, -0.05) is 6.07 Å². The Hall–Kier alpha value is -2.91. The van der Waals surface area contributed by atoms with Crippen molar-refractivity contribution in [3.8, 4) is 0 Å². The van der Waals surface area contributed by atoms with E-state index in [1.165, 1.54) is 36.0 Å². The summed E-state index contributed by atoms with van der Waals surface area (Å²) in [7, 11) is -4.09. The van der Waals surface area contributed by atoms with E-state index in [2.05, 4.69) is 10.0 Å². The smallest absolute Gasteiger partial charge is 0.261 e. The third kappa shape index (κ3) is 4.98. The Kier molecular flexibility index (Phi) is 6.42. The Balaban J connectivity index is 1.73. The lowest BCUT2D eigenvalue weighted by atomic mass is 10.1. The standard InChI is InChI=1S/C21H18F2N2O3S2/c1-13-3-8-16(29-2)11-18(13)21(26)24-14-4-6-15(7-5-14)25-30(27,28)17-9-10-19(22)20(23)12-17/h3-12,25H,1-2H3,(H,24,26). The van der Waals surface area contributed by atoms with E-state index in [4.69, 9.17) is 0 Å². The topological polar surface area (TPSA) is 75.3 Å². The van der Waals surface area contributed by atoms with Gasteiger partial charge >= 0.3 is 0 Å². The molecule has 3 aromatic rings. The van der Waals surface area contributed by atoms with Crippen LogP contribution in [0.3, 0.4) is 0 Å². The maximum Gasteiger partial charge on any atom is 0.261 e. The van der Waals surface area contributed by atoms with Crippen LogP contribution in [0.1, 0.15) is 15.9 Å². The fraction of sp³-hybridized carbons (Fsp3) is 0.0952. The number of halogens is 2. The van der Waals surface area contributed by atoms with Crippen molar-refractivity contribution in [2.45, 2.75) is 16.7 Å². The van der Waals surface area contributed by atoms with Gasteiger partial charge in [0.25, 0.3) is 15.9 Å². The minimum absolute atomic E-state index is 0.207. The first-order chi connectivity index (χ1) is 14.2. The van der Waals surface area contributed by atoms with Gasteiger partial charge in [-0.25, -0.2) is 17.2 Å². The van der Waals surface area contributed by atoms with Crippen LogP contribution >= 0.6 is 11.8 Å². The van der Waals surface area contributed by atoms with Crippen LogP contribution in [0, 0.1) is 18.6 Å². The van der Waals surface area contributed by atoms with Crippen molar-refractivity contribution in [1.82, 2.24) is 0 Å². The highest BCUT2D eigenvalue weighted by Crippen LogP contribution is 2.22. The molecule has 0 atom stereocenters. The first-order valence-corrected chi connectivity index (χ1v) is 11.4. The summed E-state index contributed by atoms with van der Waals surface area (Å²) in [4.78, 5) is 13.1. The molecule has 0 heterocycles. The number of benzene rings is 3. The van der Waals surface area contributed by atoms with Crippen molar-refractivity contribution in [1.29, 1.82) is 0 Å². The molecule has 0 spiro atoms. The number of hydrogen-bond acceptors (Lipinski definition) is 4. The van der Waals surface area contributed by atoms with Gasteiger partial charge in [0.15, 0.2) is 11.6 Å². The van der Waals surface area contributed by atoms with Gasteiger partial charge in [0.05, 0.1) is 4.90 Å². The Bertz CT molecular complexity index is 1200. The second-order valence-electron chi connectivity index (χ2n) is 6.39. The fourth-order valence-corrected chi connectivity index (χ4v) is 4.16. The van der Waals surface area contributed by atoms with Crippen LogP contribution in [0.25, 0.3) is 0 Å². The monoisotopic (exact) mass is 448 g/mol. The molecule has 0 aliphatic heterocycles. The molecule has 5 nitrogen and oxygen atoms in total. The lowest BCUT2D eigenvalue weighted by molar-refractivity contribution is 0.102. The zero-order valence-electron chi connectivity index (χ0n) is 16.1. The molecule has 0 radical (unpaired) electrons. The zero-order valence-corrected chi connectivity index (χ0v) is 17.7. The van der Waals surface area contributed by atoms with E-state index in [1.807, 2.05) is 25.3 Å². The van der Waals surface area contributed by atoms with Crippen LogP contribution in [0.5, 0.6) is 0 Å². The minimum Gasteiger partial charge on any atom is -0.322 e. The molecule has 30 heavy (non-hydrogen) atoms. The maximum atomic E-state index is 13.3. The maximum absolute atomic E-state index is 13.3. The number of aryl methyl sites for hydroxylation is 1. The van der Waals surface area contributed by atoms with Gasteiger partial charge in [0.2, 0.25) is 0 Å².